The van der Waals surface area contributed by atoms with Crippen LogP contribution in [0.5, 0.6) is 0 Å². The van der Waals surface area contributed by atoms with Crippen molar-refractivity contribution in [3.8, 4) is 16.3 Å². The van der Waals surface area contributed by atoms with E-state index >= 15 is 0 Å². The van der Waals surface area contributed by atoms with E-state index in [0.717, 1.165) is 45.7 Å². The number of nitrogens with zero attached hydrogens (tertiary/aromatic N) is 2. The lowest BCUT2D eigenvalue weighted by Crippen LogP contribution is -2.54. The van der Waals surface area contributed by atoms with E-state index in [1.807, 2.05) is 16.8 Å². The molecule has 8 heteroatoms. The van der Waals surface area contributed by atoms with Gasteiger partial charge in [-0.3, -0.25) is 4.79 Å². The molecule has 184 valence electrons. The summed E-state index contributed by atoms with van der Waals surface area (Å²) in [6.45, 7) is 5.49. The number of aryl methyl sites for hydroxylation is 1. The van der Waals surface area contributed by atoms with E-state index in [2.05, 4.69) is 19.2 Å². The quantitative estimate of drug-likeness (QED) is 0.361. The number of benzene rings is 1. The van der Waals surface area contributed by atoms with Gasteiger partial charge < -0.3 is 5.32 Å². The maximum atomic E-state index is 13.6. The Morgan fingerprint density at radius 1 is 1.20 bits per heavy atom. The van der Waals surface area contributed by atoms with Crippen LogP contribution in [0, 0.1) is 23.2 Å². The average Bonchev–Trinajstić information content (AvgIpc) is 3.32. The molecule has 0 radical (unpaired) electrons. The highest BCUT2D eigenvalue weighted by atomic mass is 35.5. The van der Waals surface area contributed by atoms with Crippen molar-refractivity contribution in [1.29, 1.82) is 0 Å². The van der Waals surface area contributed by atoms with Gasteiger partial charge in [-0.15, -0.1) is 11.3 Å². The summed E-state index contributed by atoms with van der Waals surface area (Å²) in [6, 6.07) is 7.40. The number of nitrogens with one attached hydrogen (secondary N) is 1. The zero-order valence-electron chi connectivity index (χ0n) is 19.8. The minimum atomic E-state index is -0.101. The third-order valence-corrected chi connectivity index (χ3v) is 10.6. The van der Waals surface area contributed by atoms with Gasteiger partial charge in [-0.2, -0.15) is 5.10 Å². The summed E-state index contributed by atoms with van der Waals surface area (Å²) < 4.78 is 2.56. The molecule has 4 nitrogen and oxygen atoms in total. The molecule has 4 aliphatic carbocycles. The van der Waals surface area contributed by atoms with Crippen LogP contribution < -0.4 is 5.32 Å². The molecule has 2 heterocycles. The molecule has 3 unspecified atom stereocenters. The molecule has 3 aromatic rings. The van der Waals surface area contributed by atoms with Crippen LogP contribution in [0.15, 0.2) is 24.3 Å². The molecule has 1 N–H and O–H groups in total. The number of thiophene rings is 1. The van der Waals surface area contributed by atoms with Crippen LogP contribution >= 0.6 is 46.1 Å². The fourth-order valence-corrected chi connectivity index (χ4v) is 8.53. The van der Waals surface area contributed by atoms with Gasteiger partial charge >= 0.3 is 0 Å². The lowest BCUT2D eigenvalue weighted by molar-refractivity contribution is -0.103. The van der Waals surface area contributed by atoms with Gasteiger partial charge in [0.25, 0.3) is 5.91 Å². The predicted octanol–water partition coefficient (Wildman–Crippen LogP) is 7.85. The number of carbonyl (C=O) groups is 1. The van der Waals surface area contributed by atoms with E-state index in [-0.39, 0.29) is 5.91 Å². The third kappa shape index (κ3) is 3.94. The van der Waals surface area contributed by atoms with Crippen LogP contribution in [0.4, 0.5) is 0 Å². The molecule has 1 amide bonds. The van der Waals surface area contributed by atoms with Gasteiger partial charge in [0, 0.05) is 17.1 Å². The highest BCUT2D eigenvalue weighted by molar-refractivity contribution is 7.19. The first-order valence-corrected chi connectivity index (χ1v) is 14.3. The summed E-state index contributed by atoms with van der Waals surface area (Å²) in [4.78, 5) is 14.7. The molecule has 0 spiro atoms. The lowest BCUT2D eigenvalue weighted by Gasteiger charge is -2.60. The zero-order chi connectivity index (χ0) is 24.5. The number of amides is 1. The summed E-state index contributed by atoms with van der Waals surface area (Å²) in [7, 11) is 0. The molecular formula is C27H28Cl3N3OS. The molecule has 35 heavy (non-hydrogen) atoms. The topological polar surface area (TPSA) is 46.9 Å². The van der Waals surface area contributed by atoms with Gasteiger partial charge in [-0.05, 0) is 91.5 Å². The molecule has 3 fully saturated rings. The molecule has 3 atom stereocenters. The van der Waals surface area contributed by atoms with E-state index in [1.165, 1.54) is 36.2 Å². The second-order valence-corrected chi connectivity index (χ2v) is 13.4. The fraction of sp³-hybridized carbons (Fsp3) is 0.481. The maximum absolute atomic E-state index is 13.6. The highest BCUT2D eigenvalue weighted by Crippen LogP contribution is 2.61. The van der Waals surface area contributed by atoms with Crippen LogP contribution in [0.1, 0.15) is 61.1 Å². The fourth-order valence-electron chi connectivity index (χ4n) is 6.68. The van der Waals surface area contributed by atoms with E-state index in [9.17, 15) is 4.79 Å². The minimum Gasteiger partial charge on any atom is -0.350 e. The predicted molar refractivity (Wildman–Crippen MR) is 144 cm³/mol. The molecule has 2 aromatic heterocycles. The average molecular weight is 549 g/mol. The van der Waals surface area contributed by atoms with Crippen molar-refractivity contribution < 1.29 is 4.79 Å². The molecular weight excluding hydrogens is 521 g/mol. The lowest BCUT2D eigenvalue weighted by atomic mass is 9.45. The molecule has 7 rings (SSSR count). The Labute approximate surface area is 225 Å². The van der Waals surface area contributed by atoms with Crippen molar-refractivity contribution in [1.82, 2.24) is 15.1 Å². The van der Waals surface area contributed by atoms with E-state index < -0.39 is 0 Å². The Bertz CT molecular complexity index is 1330. The van der Waals surface area contributed by atoms with Crippen LogP contribution in [-0.2, 0) is 12.8 Å². The van der Waals surface area contributed by atoms with Crippen molar-refractivity contribution in [2.45, 2.75) is 52.4 Å². The number of rotatable bonds is 4. The standard InChI is InChI=1S/C27H28Cl3N3OS/c1-27(2)16-7-6-15(19(27)11-16)13-31-26(34)23-18-5-3-4-14-10-22(30)35-25(14)24(18)33(32-23)21-9-8-17(28)12-20(21)29/h8-10,12,15-16,19H,3-7,11,13H2,1-2H3,(H,31,34). The normalized spacial score (nSPS) is 24.2. The Morgan fingerprint density at radius 3 is 2.77 bits per heavy atom. The monoisotopic (exact) mass is 547 g/mol. The number of carbonyl (C=O) groups excluding carboxylic acids is 1. The van der Waals surface area contributed by atoms with Gasteiger partial charge in [-0.1, -0.05) is 48.7 Å². The number of fused-ring (bicyclic) bond motifs is 5. The smallest absolute Gasteiger partial charge is 0.272 e. The SMILES string of the molecule is CC1(C)C2CCC(CNC(=O)c3nn(-c4ccc(Cl)cc4Cl)c4c3CCCc3cc(Cl)sc3-4)C1C2. The number of halogens is 3. The van der Waals surface area contributed by atoms with Crippen molar-refractivity contribution in [2.24, 2.45) is 23.2 Å². The first kappa shape index (κ1) is 23.8. The highest BCUT2D eigenvalue weighted by Gasteiger charge is 2.54. The largest absolute Gasteiger partial charge is 0.350 e. The number of hydrogen-bond acceptors (Lipinski definition) is 3. The molecule has 0 aliphatic heterocycles. The second-order valence-electron chi connectivity index (χ2n) is 10.8. The Hall–Kier alpha value is -1.53. The molecule has 3 saturated carbocycles. The molecule has 2 bridgehead atoms. The van der Waals surface area contributed by atoms with Crippen molar-refractivity contribution >= 4 is 52.0 Å². The minimum absolute atomic E-state index is 0.101. The second kappa shape index (κ2) is 8.79. The third-order valence-electron chi connectivity index (χ3n) is 8.73. The van der Waals surface area contributed by atoms with Crippen molar-refractivity contribution in [2.75, 3.05) is 6.54 Å². The van der Waals surface area contributed by atoms with Crippen LogP contribution in [0.3, 0.4) is 0 Å². The molecule has 4 aliphatic rings. The Kier molecular flexibility index (Phi) is 5.99. The summed E-state index contributed by atoms with van der Waals surface area (Å²) in [6.07, 6.45) is 6.40. The molecule has 1 aromatic carbocycles. The van der Waals surface area contributed by atoms with Crippen LogP contribution in [-0.4, -0.2) is 22.2 Å². The van der Waals surface area contributed by atoms with Gasteiger partial charge in [-0.25, -0.2) is 4.68 Å². The molecule has 0 saturated heterocycles. The van der Waals surface area contributed by atoms with E-state index in [0.29, 0.717) is 45.2 Å². The first-order chi connectivity index (χ1) is 16.7. The maximum Gasteiger partial charge on any atom is 0.272 e. The first-order valence-electron chi connectivity index (χ1n) is 12.4. The van der Waals surface area contributed by atoms with E-state index in [4.69, 9.17) is 39.9 Å². The van der Waals surface area contributed by atoms with Crippen molar-refractivity contribution in [3.05, 3.63) is 55.5 Å². The van der Waals surface area contributed by atoms with Crippen molar-refractivity contribution in [3.63, 3.8) is 0 Å². The number of hydrogen-bond donors (Lipinski definition) is 1. The van der Waals surface area contributed by atoms with Gasteiger partial charge in [0.15, 0.2) is 5.69 Å². The zero-order valence-corrected chi connectivity index (χ0v) is 22.9. The summed E-state index contributed by atoms with van der Waals surface area (Å²) >= 11 is 20.7. The summed E-state index contributed by atoms with van der Waals surface area (Å²) in [5.74, 6) is 1.98. The number of aromatic nitrogens is 2. The van der Waals surface area contributed by atoms with Crippen LogP contribution in [0.2, 0.25) is 14.4 Å². The van der Waals surface area contributed by atoms with Gasteiger partial charge in [0.05, 0.1) is 25.6 Å². The van der Waals surface area contributed by atoms with Crippen LogP contribution in [0.25, 0.3) is 16.3 Å². The van der Waals surface area contributed by atoms with E-state index in [1.54, 1.807) is 12.1 Å². The summed E-state index contributed by atoms with van der Waals surface area (Å²) in [5, 5.41) is 9.17. The van der Waals surface area contributed by atoms with Gasteiger partial charge in [0.1, 0.15) is 0 Å². The van der Waals surface area contributed by atoms with Gasteiger partial charge in [0.2, 0.25) is 0 Å². The Morgan fingerprint density at radius 2 is 2.03 bits per heavy atom. The Balaban J connectivity index is 1.38. The summed E-state index contributed by atoms with van der Waals surface area (Å²) in [5.41, 5.74) is 4.68.